The van der Waals surface area contributed by atoms with Crippen molar-refractivity contribution in [1.29, 1.82) is 0 Å². The van der Waals surface area contributed by atoms with Crippen LogP contribution in [-0.4, -0.2) is 131 Å². The minimum absolute atomic E-state index is 0.106. The fraction of sp³-hybridized carbons (Fsp3) is 0.449. The van der Waals surface area contributed by atoms with E-state index in [0.29, 0.717) is 5.75 Å². The van der Waals surface area contributed by atoms with Crippen LogP contribution in [0.1, 0.15) is 54.9 Å². The lowest BCUT2D eigenvalue weighted by Crippen LogP contribution is -2.49. The molecule has 4 aromatic rings. The summed E-state index contributed by atoms with van der Waals surface area (Å²) in [6, 6.07) is 28.9. The van der Waals surface area contributed by atoms with Gasteiger partial charge in [-0.1, -0.05) is 54.4 Å². The fourth-order valence-electron chi connectivity index (χ4n) is 9.53. The first-order chi connectivity index (χ1) is 31.4. The highest BCUT2D eigenvalue weighted by Crippen LogP contribution is 2.44. The van der Waals surface area contributed by atoms with E-state index >= 15 is 0 Å². The predicted molar refractivity (Wildman–Crippen MR) is 263 cm³/mol. The van der Waals surface area contributed by atoms with Gasteiger partial charge >= 0.3 is 0 Å². The molecule has 0 aromatic heterocycles. The maximum atomic E-state index is 13.5. The predicted octanol–water partition coefficient (Wildman–Crippen LogP) is 7.71. The molecule has 65 heavy (non-hydrogen) atoms. The number of allylic oxidation sites excluding steroid dienone is 1. The van der Waals surface area contributed by atoms with Crippen LogP contribution in [0.5, 0.6) is 0 Å². The van der Waals surface area contributed by atoms with E-state index in [1.165, 1.54) is 35.3 Å². The van der Waals surface area contributed by atoms with Crippen LogP contribution in [0.25, 0.3) is 5.57 Å². The highest BCUT2D eigenvalue weighted by Gasteiger charge is 2.35. The maximum absolute atomic E-state index is 13.5. The average Bonchev–Trinajstić information content (AvgIpc) is 3.29. The molecule has 3 heterocycles. The van der Waals surface area contributed by atoms with Crippen molar-refractivity contribution >= 4 is 61.9 Å². The zero-order valence-corrected chi connectivity index (χ0v) is 39.6. The number of nitro groups is 1. The van der Waals surface area contributed by atoms with Crippen LogP contribution in [0.15, 0.2) is 112 Å². The van der Waals surface area contributed by atoms with Gasteiger partial charge < -0.3 is 25.3 Å². The first kappa shape index (κ1) is 47.0. The molecule has 16 heteroatoms. The Morgan fingerprint density at radius 1 is 0.892 bits per heavy atom. The van der Waals surface area contributed by atoms with E-state index in [9.17, 15) is 23.3 Å². The summed E-state index contributed by atoms with van der Waals surface area (Å²) in [7, 11) is -4.43. The minimum Gasteiger partial charge on any atom is -0.376 e. The third-order valence-electron chi connectivity index (χ3n) is 13.3. The lowest BCUT2D eigenvalue weighted by Gasteiger charge is -2.43. The van der Waals surface area contributed by atoms with E-state index in [-0.39, 0.29) is 33.3 Å². The van der Waals surface area contributed by atoms with Gasteiger partial charge in [0.2, 0.25) is 0 Å². The van der Waals surface area contributed by atoms with E-state index in [1.807, 2.05) is 54.6 Å². The molecule has 0 saturated carbocycles. The zero-order chi connectivity index (χ0) is 45.4. The summed E-state index contributed by atoms with van der Waals surface area (Å²) < 4.78 is 29.2. The lowest BCUT2D eigenvalue weighted by atomic mass is 9.71. The molecule has 3 aliphatic heterocycles. The van der Waals surface area contributed by atoms with Gasteiger partial charge in [-0.25, -0.2) is 13.1 Å². The fourth-order valence-corrected chi connectivity index (χ4v) is 11.6. The second kappa shape index (κ2) is 21.4. The number of piperazine rings is 2. The van der Waals surface area contributed by atoms with Crippen LogP contribution >= 0.6 is 23.4 Å². The molecule has 1 aliphatic carbocycles. The molecule has 346 valence electrons. The van der Waals surface area contributed by atoms with Gasteiger partial charge in [-0.05, 0) is 122 Å². The summed E-state index contributed by atoms with van der Waals surface area (Å²) in [4.78, 5) is 35.6. The summed E-state index contributed by atoms with van der Waals surface area (Å²) in [5.41, 5.74) is 5.45. The molecule has 0 bridgehead atoms. The number of nitrogens with zero attached hydrogens (tertiary/aromatic N) is 5. The molecule has 0 radical (unpaired) electrons. The Labute approximate surface area is 393 Å². The number of amides is 1. The van der Waals surface area contributed by atoms with E-state index < -0.39 is 20.9 Å². The number of carbonyl (C=O) groups excluding carboxylic acids is 1. The van der Waals surface area contributed by atoms with Crippen LogP contribution in [0.2, 0.25) is 5.02 Å². The molecule has 0 spiro atoms. The molecule has 1 unspecified atom stereocenters. The summed E-state index contributed by atoms with van der Waals surface area (Å²) in [5.74, 6) is -0.140. The molecule has 2 atom stereocenters. The van der Waals surface area contributed by atoms with Crippen LogP contribution in [0.4, 0.5) is 17.1 Å². The topological polar surface area (TPSA) is 143 Å². The number of sulfonamides is 1. The third-order valence-corrected chi connectivity index (χ3v) is 16.1. The van der Waals surface area contributed by atoms with Gasteiger partial charge in [0, 0.05) is 111 Å². The van der Waals surface area contributed by atoms with Gasteiger partial charge in [-0.2, -0.15) is 0 Å². The normalized spacial score (nSPS) is 20.6. The molecule has 13 nitrogen and oxygen atoms in total. The van der Waals surface area contributed by atoms with Crippen molar-refractivity contribution in [2.75, 3.05) is 101 Å². The number of hydrogen-bond donors (Lipinski definition) is 3. The summed E-state index contributed by atoms with van der Waals surface area (Å²) in [6.07, 6.45) is 5.23. The van der Waals surface area contributed by atoms with Crippen LogP contribution in [0.3, 0.4) is 0 Å². The average molecular weight is 942 g/mol. The highest BCUT2D eigenvalue weighted by atomic mass is 35.5. The number of thioether (sulfide) groups is 1. The number of nitro benzene ring substituents is 1. The van der Waals surface area contributed by atoms with Crippen molar-refractivity contribution in [1.82, 2.24) is 24.7 Å². The number of anilines is 2. The van der Waals surface area contributed by atoms with Crippen molar-refractivity contribution in [3.63, 3.8) is 0 Å². The second-order valence-electron chi connectivity index (χ2n) is 18.2. The van der Waals surface area contributed by atoms with Gasteiger partial charge in [0.25, 0.3) is 21.6 Å². The van der Waals surface area contributed by atoms with Gasteiger partial charge in [0.1, 0.15) is 5.69 Å². The van der Waals surface area contributed by atoms with E-state index in [0.717, 1.165) is 132 Å². The Bertz CT molecular complexity index is 2410. The largest absolute Gasteiger partial charge is 0.376 e. The third kappa shape index (κ3) is 12.5. The zero-order valence-electron chi connectivity index (χ0n) is 37.2. The number of likely N-dealkylation sites (tertiary alicyclic amines) is 1. The SMILES string of the molecule is CC1(CN2CCNCC2)CCC(c2ccc(Cl)cc2)=C(CN2CCN(c3ccc(C(=O)NS(=O)(=O)c4ccc(N[C@H](CCN5CCC5)CSc5ccccc5)c([N+](=O)[O-])c4)cc3)CC2)C1. The van der Waals surface area contributed by atoms with Crippen molar-refractivity contribution in [2.24, 2.45) is 5.41 Å². The molecule has 4 aliphatic rings. The van der Waals surface area contributed by atoms with E-state index in [1.54, 1.807) is 23.9 Å². The van der Waals surface area contributed by atoms with Gasteiger partial charge in [-0.15, -0.1) is 11.8 Å². The lowest BCUT2D eigenvalue weighted by molar-refractivity contribution is -0.384. The Balaban J connectivity index is 0.876. The molecule has 4 aromatic carbocycles. The Morgan fingerprint density at radius 3 is 2.29 bits per heavy atom. The van der Waals surface area contributed by atoms with Gasteiger partial charge in [0.15, 0.2) is 0 Å². The maximum Gasteiger partial charge on any atom is 0.293 e. The van der Waals surface area contributed by atoms with E-state index in [2.05, 4.69) is 54.0 Å². The molecular formula is C49H61ClN8O5S2. The number of carbonyl (C=O) groups is 1. The van der Waals surface area contributed by atoms with Crippen molar-refractivity contribution in [3.05, 3.63) is 129 Å². The first-order valence-corrected chi connectivity index (χ1v) is 25.7. The summed E-state index contributed by atoms with van der Waals surface area (Å²) >= 11 is 7.96. The number of rotatable bonds is 18. The quantitative estimate of drug-likeness (QED) is 0.0511. The van der Waals surface area contributed by atoms with Crippen molar-refractivity contribution < 1.29 is 18.1 Å². The Hall–Kier alpha value is -4.48. The first-order valence-electron chi connectivity index (χ1n) is 22.9. The Morgan fingerprint density at radius 2 is 1.62 bits per heavy atom. The monoisotopic (exact) mass is 940 g/mol. The number of nitrogens with one attached hydrogen (secondary N) is 3. The molecule has 3 saturated heterocycles. The van der Waals surface area contributed by atoms with Gasteiger partial charge in [-0.3, -0.25) is 19.8 Å². The highest BCUT2D eigenvalue weighted by molar-refractivity contribution is 7.99. The molecular weight excluding hydrogens is 880 g/mol. The standard InChI is InChI=1S/C49H61ClN8O5S2/c1-49(36-56-26-21-51-22-27-56)20-18-45(37-8-12-40(50)13-9-37)39(33-49)34-55-28-30-57(31-29-55)42-14-10-38(11-15-42)48(59)53-65(62,63)44-16-17-46(47(32-44)58(60)61)52-41(19-25-54-23-5-24-54)35-64-43-6-3-2-4-7-43/h2-4,6-17,32,41,51-52H,5,18-31,33-36H2,1H3,(H,53,59)/t41-,49?/m1/s1. The molecule has 1 amide bonds. The molecule has 3 N–H and O–H groups in total. The Kier molecular flexibility index (Phi) is 15.5. The number of hydrogen-bond acceptors (Lipinski definition) is 12. The minimum atomic E-state index is -4.43. The number of halogens is 1. The second-order valence-corrected chi connectivity index (χ2v) is 21.4. The van der Waals surface area contributed by atoms with Crippen molar-refractivity contribution in [2.45, 2.75) is 54.9 Å². The van der Waals surface area contributed by atoms with Gasteiger partial charge in [0.05, 0.1) is 9.82 Å². The van der Waals surface area contributed by atoms with E-state index in [4.69, 9.17) is 11.6 Å². The van der Waals surface area contributed by atoms with Crippen molar-refractivity contribution in [3.8, 4) is 0 Å². The van der Waals surface area contributed by atoms with Crippen LogP contribution < -0.4 is 20.3 Å². The summed E-state index contributed by atoms with van der Waals surface area (Å²) in [6.45, 7) is 15.2. The molecule has 8 rings (SSSR count). The molecule has 3 fully saturated rings. The smallest absolute Gasteiger partial charge is 0.293 e. The summed E-state index contributed by atoms with van der Waals surface area (Å²) in [5, 5.41) is 19.9. The van der Waals surface area contributed by atoms with Crippen LogP contribution in [-0.2, 0) is 10.0 Å². The van der Waals surface area contributed by atoms with Crippen LogP contribution in [0, 0.1) is 15.5 Å². The number of benzene rings is 4.